The first-order valence-corrected chi connectivity index (χ1v) is 6.81. The van der Waals surface area contributed by atoms with Gasteiger partial charge in [0.2, 0.25) is 5.91 Å². The summed E-state index contributed by atoms with van der Waals surface area (Å²) in [5.74, 6) is -0.663. The maximum Gasteiger partial charge on any atom is 0.271 e. The Balaban J connectivity index is 1.76. The van der Waals surface area contributed by atoms with Gasteiger partial charge in [0.1, 0.15) is 12.4 Å². The quantitative estimate of drug-likeness (QED) is 0.593. The summed E-state index contributed by atoms with van der Waals surface area (Å²) in [6.45, 7) is 0.0256. The average Bonchev–Trinajstić information content (AvgIpc) is 2.89. The monoisotopic (exact) mass is 313 g/mol. The molecule has 3 aromatic rings. The minimum absolute atomic E-state index is 0.0256. The number of carbonyl (C=O) groups is 1. The lowest BCUT2D eigenvalue weighted by molar-refractivity contribution is -0.384. The van der Waals surface area contributed by atoms with Crippen molar-refractivity contribution in [3.63, 3.8) is 0 Å². The molecule has 23 heavy (non-hydrogen) atoms. The minimum Gasteiger partial charge on any atom is -0.338 e. The van der Waals surface area contributed by atoms with Crippen LogP contribution in [0.2, 0.25) is 0 Å². The summed E-state index contributed by atoms with van der Waals surface area (Å²) in [4.78, 5) is 22.3. The zero-order valence-corrected chi connectivity index (χ0v) is 11.9. The largest absolute Gasteiger partial charge is 0.338 e. The molecular weight excluding hydrogens is 301 g/mol. The lowest BCUT2D eigenvalue weighted by atomic mass is 10.2. The van der Waals surface area contributed by atoms with E-state index in [0.29, 0.717) is 11.1 Å². The minimum atomic E-state index is -0.524. The maximum absolute atomic E-state index is 13.2. The van der Waals surface area contributed by atoms with Crippen molar-refractivity contribution in [1.82, 2.24) is 4.57 Å². The summed E-state index contributed by atoms with van der Waals surface area (Å²) < 4.78 is 14.8. The maximum atomic E-state index is 13.2. The van der Waals surface area contributed by atoms with Crippen molar-refractivity contribution in [1.29, 1.82) is 0 Å². The first-order valence-electron chi connectivity index (χ1n) is 6.81. The normalized spacial score (nSPS) is 10.7. The molecule has 0 saturated heterocycles. The van der Waals surface area contributed by atoms with Crippen LogP contribution in [0.3, 0.4) is 0 Å². The molecule has 0 spiro atoms. The fourth-order valence-electron chi connectivity index (χ4n) is 2.36. The number of rotatable bonds is 4. The third-order valence-electron chi connectivity index (χ3n) is 3.39. The first-order chi connectivity index (χ1) is 11.0. The molecule has 0 aliphatic heterocycles. The van der Waals surface area contributed by atoms with E-state index in [-0.39, 0.29) is 24.0 Å². The number of fused-ring (bicyclic) bond motifs is 1. The van der Waals surface area contributed by atoms with E-state index in [1.165, 1.54) is 30.3 Å². The van der Waals surface area contributed by atoms with Crippen LogP contribution < -0.4 is 5.32 Å². The van der Waals surface area contributed by atoms with Crippen LogP contribution >= 0.6 is 0 Å². The Morgan fingerprint density at radius 2 is 2.04 bits per heavy atom. The zero-order chi connectivity index (χ0) is 16.4. The molecule has 1 aromatic heterocycles. The van der Waals surface area contributed by atoms with Crippen molar-refractivity contribution in [2.24, 2.45) is 0 Å². The van der Waals surface area contributed by atoms with E-state index >= 15 is 0 Å². The van der Waals surface area contributed by atoms with Crippen LogP contribution in [0.15, 0.2) is 54.7 Å². The number of anilines is 1. The summed E-state index contributed by atoms with van der Waals surface area (Å²) in [5, 5.41) is 14.0. The Bertz CT molecular complexity index is 904. The lowest BCUT2D eigenvalue weighted by Gasteiger charge is -2.07. The Kier molecular flexibility index (Phi) is 3.76. The number of carbonyl (C=O) groups excluding carboxylic acids is 1. The van der Waals surface area contributed by atoms with Gasteiger partial charge in [0.15, 0.2) is 0 Å². The van der Waals surface area contributed by atoms with E-state index < -0.39 is 4.92 Å². The first kappa shape index (κ1) is 14.7. The van der Waals surface area contributed by atoms with E-state index in [1.54, 1.807) is 29.0 Å². The van der Waals surface area contributed by atoms with Gasteiger partial charge in [-0.3, -0.25) is 14.9 Å². The fraction of sp³-hybridized carbons (Fsp3) is 0.0625. The molecule has 0 radical (unpaired) electrons. The predicted octanol–water partition coefficient (Wildman–Crippen LogP) is 3.33. The average molecular weight is 313 g/mol. The number of aromatic nitrogens is 1. The lowest BCUT2D eigenvalue weighted by Crippen LogP contribution is -2.18. The van der Waals surface area contributed by atoms with Crippen LogP contribution in [0.5, 0.6) is 0 Å². The molecule has 2 aromatic carbocycles. The van der Waals surface area contributed by atoms with Gasteiger partial charge in [-0.05, 0) is 30.3 Å². The van der Waals surface area contributed by atoms with Gasteiger partial charge in [-0.25, -0.2) is 4.39 Å². The van der Waals surface area contributed by atoms with Gasteiger partial charge >= 0.3 is 0 Å². The van der Waals surface area contributed by atoms with E-state index in [0.717, 1.165) is 5.52 Å². The second kappa shape index (κ2) is 5.88. The molecule has 0 aliphatic rings. The Morgan fingerprint density at radius 3 is 2.83 bits per heavy atom. The van der Waals surface area contributed by atoms with E-state index in [4.69, 9.17) is 0 Å². The topological polar surface area (TPSA) is 77.2 Å². The van der Waals surface area contributed by atoms with Crippen molar-refractivity contribution in [2.75, 3.05) is 5.32 Å². The van der Waals surface area contributed by atoms with Gasteiger partial charge < -0.3 is 9.88 Å². The number of benzene rings is 2. The summed E-state index contributed by atoms with van der Waals surface area (Å²) in [5.41, 5.74) is 0.997. The fourth-order valence-corrected chi connectivity index (χ4v) is 2.36. The molecule has 0 unspecified atom stereocenters. The summed E-state index contributed by atoms with van der Waals surface area (Å²) in [6.07, 6.45) is 1.69. The summed E-state index contributed by atoms with van der Waals surface area (Å²) in [7, 11) is 0. The number of amides is 1. The second-order valence-electron chi connectivity index (χ2n) is 5.00. The highest BCUT2D eigenvalue weighted by Gasteiger charge is 2.10. The highest BCUT2D eigenvalue weighted by atomic mass is 19.1. The van der Waals surface area contributed by atoms with Gasteiger partial charge in [-0.15, -0.1) is 0 Å². The molecule has 0 bridgehead atoms. The number of non-ortho nitro benzene ring substituents is 1. The number of hydrogen-bond donors (Lipinski definition) is 1. The predicted molar refractivity (Wildman–Crippen MR) is 83.6 cm³/mol. The van der Waals surface area contributed by atoms with Crippen molar-refractivity contribution in [2.45, 2.75) is 6.54 Å². The van der Waals surface area contributed by atoms with Crippen molar-refractivity contribution in [3.8, 4) is 0 Å². The Labute approximate surface area is 130 Å². The number of hydrogen-bond acceptors (Lipinski definition) is 3. The van der Waals surface area contributed by atoms with Gasteiger partial charge in [-0.1, -0.05) is 6.07 Å². The highest BCUT2D eigenvalue weighted by Crippen LogP contribution is 2.19. The van der Waals surface area contributed by atoms with Crippen LogP contribution in [-0.4, -0.2) is 15.4 Å². The van der Waals surface area contributed by atoms with Gasteiger partial charge in [-0.2, -0.15) is 0 Å². The zero-order valence-electron chi connectivity index (χ0n) is 11.9. The highest BCUT2D eigenvalue weighted by molar-refractivity contribution is 5.92. The van der Waals surface area contributed by atoms with E-state index in [1.807, 2.05) is 0 Å². The number of nitro groups is 1. The van der Waals surface area contributed by atoms with E-state index in [9.17, 15) is 19.3 Å². The van der Waals surface area contributed by atoms with Gasteiger partial charge in [0, 0.05) is 34.9 Å². The van der Waals surface area contributed by atoms with Crippen LogP contribution in [0.25, 0.3) is 10.9 Å². The Hall–Kier alpha value is -3.22. The third kappa shape index (κ3) is 3.18. The SMILES string of the molecule is O=C(Cn1ccc2cc(F)ccc21)Nc1cccc([N+](=O)[O-])c1. The molecule has 1 amide bonds. The molecule has 116 valence electrons. The third-order valence-corrected chi connectivity index (χ3v) is 3.39. The molecule has 1 N–H and O–H groups in total. The summed E-state index contributed by atoms with van der Waals surface area (Å²) in [6, 6.07) is 11.8. The van der Waals surface area contributed by atoms with E-state index in [2.05, 4.69) is 5.32 Å². The van der Waals surface area contributed by atoms with Crippen molar-refractivity contribution >= 4 is 28.2 Å². The molecule has 0 atom stereocenters. The van der Waals surface area contributed by atoms with Gasteiger partial charge in [0.25, 0.3) is 5.69 Å². The molecule has 0 aliphatic carbocycles. The van der Waals surface area contributed by atoms with Crippen molar-refractivity contribution < 1.29 is 14.1 Å². The number of nitrogens with zero attached hydrogens (tertiary/aromatic N) is 2. The molecular formula is C16H12FN3O3. The van der Waals surface area contributed by atoms with Crippen LogP contribution in [0.4, 0.5) is 15.8 Å². The second-order valence-corrected chi connectivity index (χ2v) is 5.00. The number of halogens is 1. The van der Waals surface area contributed by atoms with Crippen LogP contribution in [-0.2, 0) is 11.3 Å². The molecule has 6 nitrogen and oxygen atoms in total. The molecule has 0 saturated carbocycles. The molecule has 0 fully saturated rings. The smallest absolute Gasteiger partial charge is 0.271 e. The molecule has 7 heteroatoms. The van der Waals surface area contributed by atoms with Crippen molar-refractivity contribution in [3.05, 3.63) is 70.7 Å². The Morgan fingerprint density at radius 1 is 1.22 bits per heavy atom. The number of nitrogens with one attached hydrogen (secondary N) is 1. The number of nitro benzene ring substituents is 1. The van der Waals surface area contributed by atoms with Crippen LogP contribution in [0, 0.1) is 15.9 Å². The molecule has 3 rings (SSSR count). The standard InChI is InChI=1S/C16H12FN3O3/c17-12-4-5-15-11(8-12)6-7-19(15)10-16(21)18-13-2-1-3-14(9-13)20(22)23/h1-9H,10H2,(H,18,21). The van der Waals surface area contributed by atoms with Crippen LogP contribution in [0.1, 0.15) is 0 Å². The molecule has 1 heterocycles. The van der Waals surface area contributed by atoms with Gasteiger partial charge in [0.05, 0.1) is 4.92 Å². The summed E-state index contributed by atoms with van der Waals surface area (Å²) >= 11 is 0.